The van der Waals surface area contributed by atoms with Gasteiger partial charge >= 0.3 is 0 Å². The van der Waals surface area contributed by atoms with Gasteiger partial charge in [0, 0.05) is 23.4 Å². The number of thiol groups is 1. The molecule has 2 aromatic rings. The zero-order valence-corrected chi connectivity index (χ0v) is 10.9. The van der Waals surface area contributed by atoms with Gasteiger partial charge in [-0.2, -0.15) is 17.7 Å². The molecule has 2 rings (SSSR count). The monoisotopic (exact) mass is 276 g/mol. The molecule has 0 N–H and O–H groups in total. The second-order valence-corrected chi connectivity index (χ2v) is 4.12. The number of hydrogen-bond acceptors (Lipinski definition) is 5. The molecule has 0 aliphatic carbocycles. The predicted octanol–water partition coefficient (Wildman–Crippen LogP) is 2.34. The van der Waals surface area contributed by atoms with Crippen LogP contribution in [0.25, 0.3) is 11.4 Å². The van der Waals surface area contributed by atoms with E-state index in [9.17, 15) is 10.1 Å². The molecule has 1 aromatic heterocycles. The van der Waals surface area contributed by atoms with E-state index in [0.717, 1.165) is 0 Å². The second-order valence-electron chi connectivity index (χ2n) is 3.75. The Hall–Kier alpha value is -2.15. The first-order valence-corrected chi connectivity index (χ1v) is 6.24. The van der Waals surface area contributed by atoms with Crippen molar-refractivity contribution in [1.82, 2.24) is 14.8 Å². The number of hydrogen-bond donors (Lipinski definition) is 1. The summed E-state index contributed by atoms with van der Waals surface area (Å²) in [5, 5.41) is 15.0. The smallest absolute Gasteiger partial charge is 0.258 e. The van der Waals surface area contributed by atoms with Gasteiger partial charge in [0.25, 0.3) is 5.69 Å². The van der Waals surface area contributed by atoms with Crippen LogP contribution in [-0.2, 0) is 6.54 Å². The SMILES string of the molecule is O=[N+]([O-])c1cccc(-c2ncn(C/C=C/CS)n2)c1. The van der Waals surface area contributed by atoms with Gasteiger partial charge in [0.05, 0.1) is 11.5 Å². The minimum Gasteiger partial charge on any atom is -0.258 e. The fourth-order valence-corrected chi connectivity index (χ4v) is 1.68. The van der Waals surface area contributed by atoms with Crippen molar-refractivity contribution in [2.24, 2.45) is 0 Å². The minimum absolute atomic E-state index is 0.0313. The van der Waals surface area contributed by atoms with Crippen molar-refractivity contribution < 1.29 is 4.92 Å². The van der Waals surface area contributed by atoms with Crippen molar-refractivity contribution in [2.75, 3.05) is 5.75 Å². The van der Waals surface area contributed by atoms with Crippen LogP contribution < -0.4 is 0 Å². The molecule has 1 aromatic carbocycles. The van der Waals surface area contributed by atoms with Crippen LogP contribution in [0.5, 0.6) is 0 Å². The summed E-state index contributed by atoms with van der Waals surface area (Å²) in [6, 6.07) is 6.27. The van der Waals surface area contributed by atoms with Crippen LogP contribution in [0, 0.1) is 10.1 Å². The van der Waals surface area contributed by atoms with Gasteiger partial charge < -0.3 is 0 Å². The van der Waals surface area contributed by atoms with Crippen LogP contribution in [0.2, 0.25) is 0 Å². The lowest BCUT2D eigenvalue weighted by molar-refractivity contribution is -0.384. The topological polar surface area (TPSA) is 73.8 Å². The zero-order chi connectivity index (χ0) is 13.7. The van der Waals surface area contributed by atoms with Gasteiger partial charge in [0.2, 0.25) is 0 Å². The maximum absolute atomic E-state index is 10.7. The Balaban J connectivity index is 2.20. The van der Waals surface area contributed by atoms with Crippen molar-refractivity contribution in [3.63, 3.8) is 0 Å². The first kappa shape index (κ1) is 13.3. The number of rotatable bonds is 5. The number of nitrogens with zero attached hydrogens (tertiary/aromatic N) is 4. The summed E-state index contributed by atoms with van der Waals surface area (Å²) in [4.78, 5) is 14.4. The molecule has 0 unspecified atom stereocenters. The Kier molecular flexibility index (Phi) is 4.30. The number of nitro benzene ring substituents is 1. The third kappa shape index (κ3) is 3.41. The second kappa shape index (κ2) is 6.14. The third-order valence-corrected chi connectivity index (χ3v) is 2.63. The quantitative estimate of drug-likeness (QED) is 0.394. The standard InChI is InChI=1S/C12H12N4O2S/c17-16(18)11-5-3-4-10(8-11)12-13-9-15(14-12)6-1-2-7-19/h1-5,8-9,19H,6-7H2/b2-1+. The molecule has 0 fully saturated rings. The lowest BCUT2D eigenvalue weighted by Crippen LogP contribution is -1.96. The summed E-state index contributed by atoms with van der Waals surface area (Å²) in [6.45, 7) is 0.600. The van der Waals surface area contributed by atoms with Gasteiger partial charge in [0.1, 0.15) is 6.33 Å². The van der Waals surface area contributed by atoms with E-state index in [4.69, 9.17) is 0 Å². The number of benzene rings is 1. The maximum atomic E-state index is 10.7. The molecule has 0 aliphatic rings. The summed E-state index contributed by atoms with van der Waals surface area (Å²) >= 11 is 4.06. The van der Waals surface area contributed by atoms with E-state index in [2.05, 4.69) is 22.7 Å². The van der Waals surface area contributed by atoms with Gasteiger partial charge in [0.15, 0.2) is 5.82 Å². The highest BCUT2D eigenvalue weighted by atomic mass is 32.1. The van der Waals surface area contributed by atoms with Crippen LogP contribution in [0.15, 0.2) is 42.7 Å². The molecule has 1 heterocycles. The molecule has 0 bridgehead atoms. The molecule has 98 valence electrons. The summed E-state index contributed by atoms with van der Waals surface area (Å²) in [5.41, 5.74) is 0.662. The van der Waals surface area contributed by atoms with Crippen LogP contribution in [0.3, 0.4) is 0 Å². The number of aromatic nitrogens is 3. The molecule has 7 heteroatoms. The number of non-ortho nitro benzene ring substituents is 1. The Labute approximate surface area is 115 Å². The third-order valence-electron chi connectivity index (χ3n) is 2.42. The molecule has 0 saturated heterocycles. The van der Waals surface area contributed by atoms with E-state index in [1.807, 2.05) is 12.2 Å². The average molecular weight is 276 g/mol. The molecule has 0 radical (unpaired) electrons. The summed E-state index contributed by atoms with van der Waals surface area (Å²) < 4.78 is 1.66. The Morgan fingerprint density at radius 2 is 2.26 bits per heavy atom. The van der Waals surface area contributed by atoms with E-state index < -0.39 is 4.92 Å². The molecule has 0 atom stereocenters. The number of allylic oxidation sites excluding steroid dienone is 1. The average Bonchev–Trinajstić information content (AvgIpc) is 2.88. The Morgan fingerprint density at radius 1 is 1.42 bits per heavy atom. The van der Waals surface area contributed by atoms with Gasteiger partial charge in [-0.3, -0.25) is 10.1 Å². The maximum Gasteiger partial charge on any atom is 0.270 e. The lowest BCUT2D eigenvalue weighted by atomic mass is 10.2. The first-order chi connectivity index (χ1) is 9.20. The van der Waals surface area contributed by atoms with E-state index in [-0.39, 0.29) is 5.69 Å². The van der Waals surface area contributed by atoms with Gasteiger partial charge in [-0.05, 0) is 0 Å². The lowest BCUT2D eigenvalue weighted by Gasteiger charge is -1.96. The van der Waals surface area contributed by atoms with Crippen LogP contribution >= 0.6 is 12.6 Å². The van der Waals surface area contributed by atoms with Crippen LogP contribution in [0.1, 0.15) is 0 Å². The van der Waals surface area contributed by atoms with Crippen LogP contribution in [0.4, 0.5) is 5.69 Å². The molecular formula is C12H12N4O2S. The largest absolute Gasteiger partial charge is 0.270 e. The van der Waals surface area contributed by atoms with E-state index >= 15 is 0 Å². The van der Waals surface area contributed by atoms with E-state index in [1.165, 1.54) is 12.1 Å². The molecule has 0 amide bonds. The highest BCUT2D eigenvalue weighted by Gasteiger charge is 2.09. The Morgan fingerprint density at radius 3 is 3.00 bits per heavy atom. The van der Waals surface area contributed by atoms with Gasteiger partial charge in [-0.1, -0.05) is 24.3 Å². The van der Waals surface area contributed by atoms with E-state index in [0.29, 0.717) is 23.7 Å². The zero-order valence-electron chi connectivity index (χ0n) is 10.0. The van der Waals surface area contributed by atoms with Crippen molar-refractivity contribution in [3.05, 3.63) is 52.9 Å². The molecule has 19 heavy (non-hydrogen) atoms. The fraction of sp³-hybridized carbons (Fsp3) is 0.167. The van der Waals surface area contributed by atoms with Gasteiger partial charge in [-0.25, -0.2) is 9.67 Å². The van der Waals surface area contributed by atoms with Crippen molar-refractivity contribution >= 4 is 18.3 Å². The van der Waals surface area contributed by atoms with Crippen molar-refractivity contribution in [2.45, 2.75) is 6.54 Å². The highest BCUT2D eigenvalue weighted by molar-refractivity contribution is 7.80. The highest BCUT2D eigenvalue weighted by Crippen LogP contribution is 2.20. The summed E-state index contributed by atoms with van der Waals surface area (Å²) in [5.74, 6) is 1.15. The summed E-state index contributed by atoms with van der Waals surface area (Å²) in [6.07, 6.45) is 5.44. The minimum atomic E-state index is -0.435. The Bertz CT molecular complexity index is 609. The normalized spacial score (nSPS) is 11.0. The van der Waals surface area contributed by atoms with Gasteiger partial charge in [-0.15, -0.1) is 0 Å². The van der Waals surface area contributed by atoms with Crippen molar-refractivity contribution in [3.8, 4) is 11.4 Å². The number of nitro groups is 1. The van der Waals surface area contributed by atoms with Crippen LogP contribution in [-0.4, -0.2) is 25.4 Å². The molecule has 0 aliphatic heterocycles. The first-order valence-electron chi connectivity index (χ1n) is 5.61. The predicted molar refractivity (Wildman–Crippen MR) is 75.1 cm³/mol. The van der Waals surface area contributed by atoms with E-state index in [1.54, 1.807) is 23.1 Å². The fourth-order valence-electron chi connectivity index (χ4n) is 1.53. The summed E-state index contributed by atoms with van der Waals surface area (Å²) in [7, 11) is 0. The molecule has 0 saturated carbocycles. The van der Waals surface area contributed by atoms with Crippen molar-refractivity contribution in [1.29, 1.82) is 0 Å². The molecular weight excluding hydrogens is 264 g/mol. The molecule has 6 nitrogen and oxygen atoms in total. The molecule has 0 spiro atoms.